The van der Waals surface area contributed by atoms with Crippen molar-refractivity contribution in [1.82, 2.24) is 4.98 Å². The van der Waals surface area contributed by atoms with Crippen molar-refractivity contribution < 1.29 is 4.79 Å². The largest absolute Gasteiger partial charge is 0.373 e. The van der Waals surface area contributed by atoms with E-state index >= 15 is 0 Å². The lowest BCUT2D eigenvalue weighted by Gasteiger charge is -2.24. The fraction of sp³-hybridized carbons (Fsp3) is 0.412. The maximum Gasteiger partial charge on any atom is 0.237 e. The molecule has 0 radical (unpaired) electrons. The van der Waals surface area contributed by atoms with Crippen LogP contribution in [0.2, 0.25) is 0 Å². The molecule has 1 aromatic heterocycles. The molecule has 0 saturated carbocycles. The third-order valence-corrected chi connectivity index (χ3v) is 5.51. The monoisotopic (exact) mass is 347 g/mol. The van der Waals surface area contributed by atoms with E-state index in [0.29, 0.717) is 11.7 Å². The van der Waals surface area contributed by atoms with Gasteiger partial charge in [0.1, 0.15) is 0 Å². The number of nitrogens with zero attached hydrogens (tertiary/aromatic N) is 3. The van der Waals surface area contributed by atoms with Crippen molar-refractivity contribution in [3.05, 3.63) is 40.8 Å². The second-order valence-electron chi connectivity index (χ2n) is 5.95. The van der Waals surface area contributed by atoms with Crippen LogP contribution in [0.1, 0.15) is 12.6 Å². The number of hydrogen-bond acceptors (Lipinski definition) is 5. The van der Waals surface area contributed by atoms with Crippen molar-refractivity contribution in [2.24, 2.45) is 5.92 Å². The number of amides is 1. The molecule has 0 N–H and O–H groups in total. The van der Waals surface area contributed by atoms with Crippen molar-refractivity contribution in [2.45, 2.75) is 12.7 Å². The number of rotatable bonds is 4. The van der Waals surface area contributed by atoms with Gasteiger partial charge in [0, 0.05) is 31.3 Å². The van der Waals surface area contributed by atoms with Crippen molar-refractivity contribution in [1.29, 1.82) is 0 Å². The van der Waals surface area contributed by atoms with Crippen molar-refractivity contribution in [3.8, 4) is 0 Å². The summed E-state index contributed by atoms with van der Waals surface area (Å²) in [5.41, 5.74) is 5.05. The van der Waals surface area contributed by atoms with Crippen LogP contribution in [-0.4, -0.2) is 36.8 Å². The Morgan fingerprint density at radius 3 is 2.87 bits per heavy atom. The minimum Gasteiger partial charge on any atom is -0.373 e. The summed E-state index contributed by atoms with van der Waals surface area (Å²) in [5, 5.41) is 2.04. The van der Waals surface area contributed by atoms with Gasteiger partial charge in [0.05, 0.1) is 28.3 Å². The second kappa shape index (κ2) is 7.36. The molecule has 1 aliphatic rings. The van der Waals surface area contributed by atoms with E-state index in [-0.39, 0.29) is 5.91 Å². The Morgan fingerprint density at radius 1 is 1.35 bits per heavy atom. The third-order valence-electron chi connectivity index (χ3n) is 3.92. The lowest BCUT2D eigenvalue weighted by molar-refractivity contribution is -0.116. The SMILES string of the molecule is C[C@@H]1CN(C)c2ccccc2N(C(=O)CSCc2cscn2)C1. The smallest absolute Gasteiger partial charge is 0.237 e. The lowest BCUT2D eigenvalue weighted by atomic mass is 10.1. The highest BCUT2D eigenvalue weighted by Gasteiger charge is 2.26. The summed E-state index contributed by atoms with van der Waals surface area (Å²) in [5.74, 6) is 1.90. The Labute approximate surface area is 145 Å². The van der Waals surface area contributed by atoms with Gasteiger partial charge in [-0.2, -0.15) is 0 Å². The summed E-state index contributed by atoms with van der Waals surface area (Å²) in [6.45, 7) is 3.94. The van der Waals surface area contributed by atoms with E-state index in [1.165, 1.54) is 0 Å². The Morgan fingerprint density at radius 2 is 2.13 bits per heavy atom. The minimum absolute atomic E-state index is 0.180. The minimum atomic E-state index is 0.180. The molecular formula is C17H21N3OS2. The first kappa shape index (κ1) is 16.3. The summed E-state index contributed by atoms with van der Waals surface area (Å²) in [7, 11) is 2.10. The molecule has 0 aliphatic carbocycles. The zero-order valence-corrected chi connectivity index (χ0v) is 15.1. The summed E-state index contributed by atoms with van der Waals surface area (Å²) in [6.07, 6.45) is 0. The molecule has 0 saturated heterocycles. The van der Waals surface area contributed by atoms with Crippen LogP contribution in [0, 0.1) is 5.92 Å². The number of thioether (sulfide) groups is 1. The quantitative estimate of drug-likeness (QED) is 0.848. The van der Waals surface area contributed by atoms with Gasteiger partial charge in [0.25, 0.3) is 0 Å². The van der Waals surface area contributed by atoms with Crippen molar-refractivity contribution >= 4 is 40.4 Å². The van der Waals surface area contributed by atoms with Crippen LogP contribution in [-0.2, 0) is 10.5 Å². The molecule has 0 unspecified atom stereocenters. The Bertz CT molecular complexity index is 660. The number of carbonyl (C=O) groups excluding carboxylic acids is 1. The van der Waals surface area contributed by atoms with Crippen LogP contribution < -0.4 is 9.80 Å². The fourth-order valence-corrected chi connectivity index (χ4v) is 4.38. The van der Waals surface area contributed by atoms with Gasteiger partial charge in [-0.15, -0.1) is 23.1 Å². The molecule has 2 heterocycles. The van der Waals surface area contributed by atoms with E-state index in [2.05, 4.69) is 29.9 Å². The van der Waals surface area contributed by atoms with E-state index in [9.17, 15) is 4.79 Å². The van der Waals surface area contributed by atoms with Crippen LogP contribution in [0.4, 0.5) is 11.4 Å². The first-order valence-corrected chi connectivity index (χ1v) is 9.80. The van der Waals surface area contributed by atoms with E-state index < -0.39 is 0 Å². The second-order valence-corrected chi connectivity index (χ2v) is 7.66. The Hall–Kier alpha value is -1.53. The lowest BCUT2D eigenvalue weighted by Crippen LogP contribution is -2.36. The molecule has 1 amide bonds. The Balaban J connectivity index is 1.71. The number of anilines is 2. The highest BCUT2D eigenvalue weighted by atomic mass is 32.2. The number of benzene rings is 1. The molecule has 122 valence electrons. The summed E-state index contributed by atoms with van der Waals surface area (Å²) in [4.78, 5) is 21.2. The predicted octanol–water partition coefficient (Wildman–Crippen LogP) is 3.50. The molecular weight excluding hydrogens is 326 g/mol. The van der Waals surface area contributed by atoms with Crippen LogP contribution in [0.25, 0.3) is 0 Å². The van der Waals surface area contributed by atoms with Gasteiger partial charge >= 0.3 is 0 Å². The maximum absolute atomic E-state index is 12.8. The highest BCUT2D eigenvalue weighted by molar-refractivity contribution is 7.99. The first-order chi connectivity index (χ1) is 11.1. The molecule has 6 heteroatoms. The topological polar surface area (TPSA) is 36.4 Å². The summed E-state index contributed by atoms with van der Waals surface area (Å²) >= 11 is 3.23. The molecule has 2 aromatic rings. The number of aromatic nitrogens is 1. The summed E-state index contributed by atoms with van der Waals surface area (Å²) in [6, 6.07) is 8.18. The zero-order chi connectivity index (χ0) is 16.2. The van der Waals surface area contributed by atoms with Crippen LogP contribution >= 0.6 is 23.1 Å². The number of thiazole rings is 1. The molecule has 0 bridgehead atoms. The normalized spacial score (nSPS) is 17.7. The molecule has 23 heavy (non-hydrogen) atoms. The van der Waals surface area contributed by atoms with Gasteiger partial charge in [0.15, 0.2) is 0 Å². The molecule has 1 atom stereocenters. The van der Waals surface area contributed by atoms with Crippen LogP contribution in [0.15, 0.2) is 35.2 Å². The average Bonchev–Trinajstić information content (AvgIpc) is 3.01. The standard InChI is InChI=1S/C17H21N3OS2/c1-13-7-19(2)15-5-3-4-6-16(15)20(8-13)17(21)11-22-9-14-10-23-12-18-14/h3-6,10,12-13H,7-9,11H2,1-2H3/t13-/m1/s1. The highest BCUT2D eigenvalue weighted by Crippen LogP contribution is 2.33. The first-order valence-electron chi connectivity index (χ1n) is 7.70. The van der Waals surface area contributed by atoms with Gasteiger partial charge in [-0.05, 0) is 18.1 Å². The van der Waals surface area contributed by atoms with Crippen LogP contribution in [0.3, 0.4) is 0 Å². The van der Waals surface area contributed by atoms with E-state index in [1.807, 2.05) is 34.0 Å². The summed E-state index contributed by atoms with van der Waals surface area (Å²) < 4.78 is 0. The molecule has 0 fully saturated rings. The molecule has 4 nitrogen and oxygen atoms in total. The Kier molecular flexibility index (Phi) is 5.23. The third kappa shape index (κ3) is 3.87. The number of hydrogen-bond donors (Lipinski definition) is 0. The van der Waals surface area contributed by atoms with Gasteiger partial charge in [-0.25, -0.2) is 4.98 Å². The fourth-order valence-electron chi connectivity index (χ4n) is 2.91. The maximum atomic E-state index is 12.8. The molecule has 3 rings (SSSR count). The average molecular weight is 348 g/mol. The van der Waals surface area contributed by atoms with Gasteiger partial charge in [-0.3, -0.25) is 4.79 Å². The molecule has 1 aromatic carbocycles. The van der Waals surface area contributed by atoms with E-state index in [4.69, 9.17) is 0 Å². The van der Waals surface area contributed by atoms with Gasteiger partial charge in [-0.1, -0.05) is 19.1 Å². The van der Waals surface area contributed by atoms with Crippen LogP contribution in [0.5, 0.6) is 0 Å². The van der Waals surface area contributed by atoms with Gasteiger partial charge in [0.2, 0.25) is 5.91 Å². The zero-order valence-electron chi connectivity index (χ0n) is 13.4. The predicted molar refractivity (Wildman–Crippen MR) is 99.5 cm³/mol. The number of carbonyl (C=O) groups is 1. The number of fused-ring (bicyclic) bond motifs is 1. The van der Waals surface area contributed by atoms with Gasteiger partial charge < -0.3 is 9.80 Å². The molecule has 0 spiro atoms. The van der Waals surface area contributed by atoms with Crippen molar-refractivity contribution in [3.63, 3.8) is 0 Å². The van der Waals surface area contributed by atoms with Crippen molar-refractivity contribution in [2.75, 3.05) is 35.7 Å². The number of para-hydroxylation sites is 2. The van der Waals surface area contributed by atoms with E-state index in [0.717, 1.165) is 35.9 Å². The van der Waals surface area contributed by atoms with E-state index in [1.54, 1.807) is 23.1 Å². The molecule has 1 aliphatic heterocycles.